The molecule has 0 aliphatic carbocycles. The average molecular weight is 413 g/mol. The maximum Gasteiger partial charge on any atom is 0.422 e. The first-order valence-electron chi connectivity index (χ1n) is 10.5. The highest BCUT2D eigenvalue weighted by molar-refractivity contribution is 7.68. The Morgan fingerprint density at radius 3 is 1.42 bits per heavy atom. The highest BCUT2D eigenvalue weighted by Crippen LogP contribution is 2.71. The zero-order chi connectivity index (χ0) is 19.7. The van der Waals surface area contributed by atoms with Crippen LogP contribution >= 0.6 is 16.5 Å². The van der Waals surface area contributed by atoms with Crippen molar-refractivity contribution in [1.82, 2.24) is 0 Å². The molecular weight excluding hydrogens is 370 g/mol. The first-order valence-corrected chi connectivity index (χ1v) is 13.3. The fourth-order valence-corrected chi connectivity index (χ4v) is 6.11. The SMILES string of the molecule is CCCCCCCCO[P+](OCCCCCCCC)(OP(O)O)C(C)C. The Kier molecular flexibility index (Phi) is 18.2. The Morgan fingerprint density at radius 2 is 1.08 bits per heavy atom. The van der Waals surface area contributed by atoms with Crippen molar-refractivity contribution in [2.45, 2.75) is 110 Å². The summed E-state index contributed by atoms with van der Waals surface area (Å²) in [5.41, 5.74) is -0.0213. The summed E-state index contributed by atoms with van der Waals surface area (Å²) in [6, 6.07) is 0. The Morgan fingerprint density at radius 1 is 0.692 bits per heavy atom. The zero-order valence-electron chi connectivity index (χ0n) is 17.5. The Bertz CT molecular complexity index is 286. The lowest BCUT2D eigenvalue weighted by molar-refractivity contribution is 0.164. The van der Waals surface area contributed by atoms with Gasteiger partial charge in [-0.15, -0.1) is 0 Å². The summed E-state index contributed by atoms with van der Waals surface area (Å²) in [5.74, 6) is 0. The first kappa shape index (κ1) is 26.7. The molecule has 0 aliphatic rings. The normalized spacial score (nSPS) is 12.5. The van der Waals surface area contributed by atoms with Gasteiger partial charge in [0.2, 0.25) is 0 Å². The number of rotatable bonds is 19. The molecule has 2 N–H and O–H groups in total. The molecule has 0 aromatic heterocycles. The molecule has 5 nitrogen and oxygen atoms in total. The van der Waals surface area contributed by atoms with Gasteiger partial charge in [0.05, 0.1) is 13.2 Å². The fourth-order valence-electron chi connectivity index (χ4n) is 2.73. The molecule has 0 heterocycles. The van der Waals surface area contributed by atoms with Crippen LogP contribution < -0.4 is 0 Å². The van der Waals surface area contributed by atoms with Crippen LogP contribution in [0, 0.1) is 0 Å². The maximum atomic E-state index is 9.40. The topological polar surface area (TPSA) is 68.2 Å². The minimum atomic E-state index is -2.72. The maximum absolute atomic E-state index is 9.40. The van der Waals surface area contributed by atoms with E-state index in [1.165, 1.54) is 51.4 Å². The molecule has 0 fully saturated rings. The molecule has 7 heteroatoms. The van der Waals surface area contributed by atoms with E-state index in [1.54, 1.807) is 0 Å². The summed E-state index contributed by atoms with van der Waals surface area (Å²) in [6.07, 6.45) is 14.2. The lowest BCUT2D eigenvalue weighted by Gasteiger charge is -2.25. The summed E-state index contributed by atoms with van der Waals surface area (Å²) in [6.45, 7) is 9.47. The highest BCUT2D eigenvalue weighted by Gasteiger charge is 2.52. The highest BCUT2D eigenvalue weighted by atomic mass is 31.3. The third-order valence-electron chi connectivity index (χ3n) is 4.36. The Hall–Kier alpha value is 0.660. The predicted molar refractivity (Wildman–Crippen MR) is 113 cm³/mol. The summed E-state index contributed by atoms with van der Waals surface area (Å²) in [7, 11) is -5.20. The lowest BCUT2D eigenvalue weighted by atomic mass is 10.1. The van der Waals surface area contributed by atoms with Gasteiger partial charge < -0.3 is 9.79 Å². The standard InChI is InChI=1S/C19H43O5P2/c1-5-7-9-11-13-15-17-22-26(19(3)4,24-25(20)21)23-18-16-14-12-10-8-6-2/h19-21H,5-18H2,1-4H3/q+1. The molecule has 0 rings (SSSR count). The van der Waals surface area contributed by atoms with E-state index in [0.29, 0.717) is 13.2 Å². The van der Waals surface area contributed by atoms with Crippen LogP contribution in [0.2, 0.25) is 0 Å². The fraction of sp³-hybridized carbons (Fsp3) is 1.00. The van der Waals surface area contributed by atoms with Crippen LogP contribution in [0.5, 0.6) is 0 Å². The predicted octanol–water partition coefficient (Wildman–Crippen LogP) is 7.14. The van der Waals surface area contributed by atoms with Gasteiger partial charge in [0.15, 0.2) is 0 Å². The third kappa shape index (κ3) is 13.8. The van der Waals surface area contributed by atoms with Crippen molar-refractivity contribution in [1.29, 1.82) is 0 Å². The van der Waals surface area contributed by atoms with E-state index in [4.69, 9.17) is 13.4 Å². The molecule has 0 spiro atoms. The molecule has 0 saturated heterocycles. The van der Waals surface area contributed by atoms with Crippen molar-refractivity contribution >= 4 is 16.5 Å². The minimum absolute atomic E-state index is 0.0213. The van der Waals surface area contributed by atoms with E-state index < -0.39 is 16.5 Å². The summed E-state index contributed by atoms with van der Waals surface area (Å²) < 4.78 is 17.5. The quantitative estimate of drug-likeness (QED) is 0.174. The van der Waals surface area contributed by atoms with Gasteiger partial charge in [-0.3, -0.25) is 0 Å². The van der Waals surface area contributed by atoms with Gasteiger partial charge in [0, 0.05) is 0 Å². The van der Waals surface area contributed by atoms with E-state index in [9.17, 15) is 9.79 Å². The van der Waals surface area contributed by atoms with E-state index in [1.807, 2.05) is 13.8 Å². The van der Waals surface area contributed by atoms with Gasteiger partial charge in [0.25, 0.3) is 0 Å². The molecule has 0 bridgehead atoms. The van der Waals surface area contributed by atoms with Crippen LogP contribution in [-0.4, -0.2) is 28.7 Å². The smallest absolute Gasteiger partial charge is 0.326 e. The molecule has 158 valence electrons. The van der Waals surface area contributed by atoms with Gasteiger partial charge in [-0.2, -0.15) is 9.05 Å². The van der Waals surface area contributed by atoms with Gasteiger partial charge in [-0.25, -0.2) is 0 Å². The lowest BCUT2D eigenvalue weighted by Crippen LogP contribution is -2.16. The van der Waals surface area contributed by atoms with Crippen molar-refractivity contribution in [2.24, 2.45) is 0 Å². The molecule has 26 heavy (non-hydrogen) atoms. The van der Waals surface area contributed by atoms with Crippen molar-refractivity contribution in [3.05, 3.63) is 0 Å². The van der Waals surface area contributed by atoms with E-state index in [2.05, 4.69) is 13.8 Å². The van der Waals surface area contributed by atoms with Crippen LogP contribution in [0.4, 0.5) is 0 Å². The van der Waals surface area contributed by atoms with Crippen LogP contribution in [0.15, 0.2) is 0 Å². The molecule has 0 saturated carbocycles. The first-order chi connectivity index (χ1) is 12.5. The molecule has 0 atom stereocenters. The second-order valence-electron chi connectivity index (χ2n) is 7.17. The van der Waals surface area contributed by atoms with Crippen molar-refractivity contribution in [3.63, 3.8) is 0 Å². The van der Waals surface area contributed by atoms with E-state index >= 15 is 0 Å². The van der Waals surface area contributed by atoms with Crippen molar-refractivity contribution in [3.8, 4) is 0 Å². The number of hydrogen-bond acceptors (Lipinski definition) is 5. The summed E-state index contributed by atoms with van der Waals surface area (Å²) in [5, 5.41) is 0. The monoisotopic (exact) mass is 413 g/mol. The van der Waals surface area contributed by atoms with Crippen LogP contribution in [-0.2, 0) is 13.4 Å². The molecule has 0 amide bonds. The Balaban J connectivity index is 4.28. The van der Waals surface area contributed by atoms with Gasteiger partial charge in [-0.1, -0.05) is 82.4 Å². The van der Waals surface area contributed by atoms with Gasteiger partial charge >= 0.3 is 16.5 Å². The second-order valence-corrected chi connectivity index (χ2v) is 11.0. The zero-order valence-corrected chi connectivity index (χ0v) is 19.3. The summed E-state index contributed by atoms with van der Waals surface area (Å²) >= 11 is 0. The van der Waals surface area contributed by atoms with Gasteiger partial charge in [-0.05, 0) is 26.7 Å². The molecule has 0 aliphatic heterocycles. The molecular formula is C19H43O5P2+. The second kappa shape index (κ2) is 17.7. The van der Waals surface area contributed by atoms with Crippen LogP contribution in [0.3, 0.4) is 0 Å². The Labute approximate surface area is 163 Å². The van der Waals surface area contributed by atoms with E-state index in [-0.39, 0.29) is 5.66 Å². The molecule has 0 unspecified atom stereocenters. The third-order valence-corrected chi connectivity index (χ3v) is 8.20. The van der Waals surface area contributed by atoms with Gasteiger partial charge in [0.1, 0.15) is 5.66 Å². The summed E-state index contributed by atoms with van der Waals surface area (Å²) in [4.78, 5) is 18.8. The van der Waals surface area contributed by atoms with Crippen LogP contribution in [0.25, 0.3) is 0 Å². The minimum Gasteiger partial charge on any atom is -0.326 e. The number of hydrogen-bond donors (Lipinski definition) is 2. The van der Waals surface area contributed by atoms with Crippen LogP contribution in [0.1, 0.15) is 105 Å². The van der Waals surface area contributed by atoms with Crippen molar-refractivity contribution < 1.29 is 23.1 Å². The molecule has 0 aromatic rings. The number of unbranched alkanes of at least 4 members (excludes halogenated alkanes) is 10. The molecule has 0 radical (unpaired) electrons. The average Bonchev–Trinajstić information content (AvgIpc) is 2.59. The van der Waals surface area contributed by atoms with E-state index in [0.717, 1.165) is 25.7 Å². The largest absolute Gasteiger partial charge is 0.422 e. The van der Waals surface area contributed by atoms with Crippen molar-refractivity contribution in [2.75, 3.05) is 13.2 Å². The molecule has 0 aromatic carbocycles.